The van der Waals surface area contributed by atoms with E-state index in [-0.39, 0.29) is 0 Å². The van der Waals surface area contributed by atoms with Gasteiger partial charge >= 0.3 is 0 Å². The normalized spacial score (nSPS) is 12.9. The van der Waals surface area contributed by atoms with Gasteiger partial charge in [-0.1, -0.05) is 44.1 Å². The molecule has 0 atom stereocenters. The summed E-state index contributed by atoms with van der Waals surface area (Å²) >= 11 is 0. The average Bonchev–Trinajstić information content (AvgIpc) is 1.89. The molecule has 0 aromatic rings. The summed E-state index contributed by atoms with van der Waals surface area (Å²) in [5, 5.41) is 0. The minimum Gasteiger partial charge on any atom is -0.0848 e. The topological polar surface area (TPSA) is 0 Å². The third kappa shape index (κ3) is 5.61. The zero-order valence-corrected chi connectivity index (χ0v) is 7.35. The molecule has 0 spiro atoms. The Kier molecular flexibility index (Phi) is 6.25. The third-order valence-electron chi connectivity index (χ3n) is 1.40. The Balaban J connectivity index is 3.56. The van der Waals surface area contributed by atoms with Gasteiger partial charge in [0, 0.05) is 0 Å². The minimum atomic E-state index is 1.13. The van der Waals surface area contributed by atoms with E-state index >= 15 is 0 Å². The van der Waals surface area contributed by atoms with Crippen LogP contribution in [0.15, 0.2) is 23.8 Å². The maximum atomic E-state index is 2.21. The van der Waals surface area contributed by atoms with Crippen LogP contribution in [-0.2, 0) is 0 Å². The summed E-state index contributed by atoms with van der Waals surface area (Å²) < 4.78 is 0. The predicted octanol–water partition coefficient (Wildman–Crippen LogP) is 3.70. The van der Waals surface area contributed by atoms with Gasteiger partial charge in [0.2, 0.25) is 0 Å². The highest BCUT2D eigenvalue weighted by molar-refractivity contribution is 5.09. The van der Waals surface area contributed by atoms with Crippen LogP contribution in [0.2, 0.25) is 0 Å². The summed E-state index contributed by atoms with van der Waals surface area (Å²) in [5.74, 6) is 0. The van der Waals surface area contributed by atoms with Crippen LogP contribution in [0, 0.1) is 0 Å². The lowest BCUT2D eigenvalue weighted by Gasteiger charge is -1.92. The Morgan fingerprint density at radius 1 is 1.30 bits per heavy atom. The molecule has 0 saturated carbocycles. The fourth-order valence-corrected chi connectivity index (χ4v) is 0.846. The van der Waals surface area contributed by atoms with Crippen LogP contribution in [-0.4, -0.2) is 0 Å². The summed E-state index contributed by atoms with van der Waals surface area (Å²) in [6.45, 7) is 6.55. The zero-order chi connectivity index (χ0) is 7.82. The molecule has 0 aromatic heterocycles. The molecule has 58 valence electrons. The second-order valence-electron chi connectivity index (χ2n) is 2.60. The maximum absolute atomic E-state index is 2.21. The maximum Gasteiger partial charge on any atom is -0.0323 e. The Hall–Kier alpha value is -0.520. The fourth-order valence-electron chi connectivity index (χ4n) is 0.846. The van der Waals surface area contributed by atoms with E-state index < -0.39 is 0 Å². The summed E-state index contributed by atoms with van der Waals surface area (Å²) in [6, 6.07) is 0. The average molecular weight is 138 g/mol. The molecule has 0 aliphatic rings. The first-order valence-corrected chi connectivity index (χ1v) is 4.13. The lowest BCUT2D eigenvalue weighted by atomic mass is 10.1. The molecule has 0 amide bonds. The van der Waals surface area contributed by atoms with Crippen molar-refractivity contribution < 1.29 is 0 Å². The number of allylic oxidation sites excluding steroid dienone is 4. The van der Waals surface area contributed by atoms with Gasteiger partial charge in [-0.3, -0.25) is 0 Å². The van der Waals surface area contributed by atoms with E-state index in [2.05, 4.69) is 39.0 Å². The summed E-state index contributed by atoms with van der Waals surface area (Å²) in [5.41, 5.74) is 1.48. The molecule has 0 aliphatic carbocycles. The monoisotopic (exact) mass is 138 g/mol. The summed E-state index contributed by atoms with van der Waals surface area (Å²) in [4.78, 5) is 0. The van der Waals surface area contributed by atoms with Gasteiger partial charge in [-0.15, -0.1) is 0 Å². The van der Waals surface area contributed by atoms with Crippen molar-refractivity contribution in [3.05, 3.63) is 23.8 Å². The van der Waals surface area contributed by atoms with Gasteiger partial charge in [0.15, 0.2) is 0 Å². The van der Waals surface area contributed by atoms with E-state index in [4.69, 9.17) is 0 Å². The second-order valence-corrected chi connectivity index (χ2v) is 2.60. The van der Waals surface area contributed by atoms with Crippen molar-refractivity contribution in [3.8, 4) is 0 Å². The Bertz CT molecular complexity index is 118. The van der Waals surface area contributed by atoms with E-state index in [1.807, 2.05) is 0 Å². The molecular weight excluding hydrogens is 120 g/mol. The third-order valence-corrected chi connectivity index (χ3v) is 1.40. The summed E-state index contributed by atoms with van der Waals surface area (Å²) in [6.07, 6.45) is 10.1. The molecular formula is C10H18. The zero-order valence-electron chi connectivity index (χ0n) is 7.35. The lowest BCUT2D eigenvalue weighted by Crippen LogP contribution is -1.72. The molecule has 0 heterocycles. The molecule has 10 heavy (non-hydrogen) atoms. The van der Waals surface area contributed by atoms with Crippen molar-refractivity contribution in [1.29, 1.82) is 0 Å². The molecule has 0 radical (unpaired) electrons. The van der Waals surface area contributed by atoms with Crippen LogP contribution < -0.4 is 0 Å². The van der Waals surface area contributed by atoms with Crippen LogP contribution in [0.5, 0.6) is 0 Å². The summed E-state index contributed by atoms with van der Waals surface area (Å²) in [7, 11) is 0. The van der Waals surface area contributed by atoms with E-state index in [9.17, 15) is 0 Å². The molecule has 0 aliphatic heterocycles. The number of hydrogen-bond acceptors (Lipinski definition) is 0. The SMILES string of the molecule is CC/C=C\C=C(/C)CCC. The number of hydrogen-bond donors (Lipinski definition) is 0. The van der Waals surface area contributed by atoms with Crippen molar-refractivity contribution in [1.82, 2.24) is 0 Å². The molecule has 0 unspecified atom stereocenters. The number of rotatable bonds is 4. The Morgan fingerprint density at radius 2 is 2.00 bits per heavy atom. The first-order valence-electron chi connectivity index (χ1n) is 4.13. The minimum absolute atomic E-state index is 1.13. The first kappa shape index (κ1) is 9.48. The van der Waals surface area contributed by atoms with E-state index in [0.29, 0.717) is 0 Å². The molecule has 0 fully saturated rings. The van der Waals surface area contributed by atoms with Crippen LogP contribution in [0.4, 0.5) is 0 Å². The van der Waals surface area contributed by atoms with E-state index in [1.54, 1.807) is 0 Å². The van der Waals surface area contributed by atoms with Crippen molar-refractivity contribution >= 4 is 0 Å². The van der Waals surface area contributed by atoms with Crippen molar-refractivity contribution in [3.63, 3.8) is 0 Å². The molecule has 0 saturated heterocycles. The van der Waals surface area contributed by atoms with Gasteiger partial charge in [-0.25, -0.2) is 0 Å². The van der Waals surface area contributed by atoms with Crippen LogP contribution in [0.3, 0.4) is 0 Å². The van der Waals surface area contributed by atoms with Gasteiger partial charge in [-0.2, -0.15) is 0 Å². The van der Waals surface area contributed by atoms with E-state index in [1.165, 1.54) is 18.4 Å². The Morgan fingerprint density at radius 3 is 2.50 bits per heavy atom. The van der Waals surface area contributed by atoms with Crippen molar-refractivity contribution in [2.75, 3.05) is 0 Å². The molecule has 0 rings (SSSR count). The molecule has 0 N–H and O–H groups in total. The van der Waals surface area contributed by atoms with Crippen LogP contribution in [0.1, 0.15) is 40.0 Å². The van der Waals surface area contributed by atoms with Crippen molar-refractivity contribution in [2.45, 2.75) is 40.0 Å². The predicted molar refractivity (Wildman–Crippen MR) is 48.1 cm³/mol. The standard InChI is InChI=1S/C10H18/c1-4-6-7-9-10(3)8-5-2/h6-7,9H,4-5,8H2,1-3H3/b7-6-,10-9+. The molecule has 0 nitrogen and oxygen atoms in total. The Labute approximate surface area is 64.6 Å². The highest BCUT2D eigenvalue weighted by Crippen LogP contribution is 2.02. The van der Waals surface area contributed by atoms with Crippen molar-refractivity contribution in [2.24, 2.45) is 0 Å². The smallest absolute Gasteiger partial charge is 0.0323 e. The van der Waals surface area contributed by atoms with Gasteiger partial charge in [-0.05, 0) is 19.8 Å². The molecule has 0 heteroatoms. The van der Waals surface area contributed by atoms with Crippen LogP contribution in [0.25, 0.3) is 0 Å². The molecule has 0 bridgehead atoms. The van der Waals surface area contributed by atoms with Gasteiger partial charge < -0.3 is 0 Å². The van der Waals surface area contributed by atoms with E-state index in [0.717, 1.165) is 6.42 Å². The lowest BCUT2D eigenvalue weighted by molar-refractivity contribution is 0.905. The quantitative estimate of drug-likeness (QED) is 0.520. The van der Waals surface area contributed by atoms with Gasteiger partial charge in [0.05, 0.1) is 0 Å². The second kappa shape index (κ2) is 6.60. The van der Waals surface area contributed by atoms with Crippen LogP contribution >= 0.6 is 0 Å². The highest BCUT2D eigenvalue weighted by atomic mass is 13.9. The highest BCUT2D eigenvalue weighted by Gasteiger charge is 1.81. The fraction of sp³-hybridized carbons (Fsp3) is 0.600. The van der Waals surface area contributed by atoms with Gasteiger partial charge in [0.25, 0.3) is 0 Å². The largest absolute Gasteiger partial charge is 0.0848 e. The van der Waals surface area contributed by atoms with Gasteiger partial charge in [0.1, 0.15) is 0 Å². The first-order chi connectivity index (χ1) is 4.81. The molecule has 0 aromatic carbocycles.